The van der Waals surface area contributed by atoms with Gasteiger partial charge in [0.2, 0.25) is 5.91 Å². The second-order valence-corrected chi connectivity index (χ2v) is 8.05. The highest BCUT2D eigenvalue weighted by Crippen LogP contribution is 2.35. The van der Waals surface area contributed by atoms with Gasteiger partial charge in [-0.15, -0.1) is 0 Å². The molecule has 8 nitrogen and oxygen atoms in total. The molecular formula is C19H26N6O2. The van der Waals surface area contributed by atoms with Gasteiger partial charge in [-0.3, -0.25) is 14.7 Å². The maximum absolute atomic E-state index is 12.9. The number of aryl methyl sites for hydroxylation is 1. The fourth-order valence-electron chi connectivity index (χ4n) is 4.37. The lowest BCUT2D eigenvalue weighted by Gasteiger charge is -2.43. The van der Waals surface area contributed by atoms with Gasteiger partial charge in [0.15, 0.2) is 5.82 Å². The standard InChI is InChI=1S/C19H26N6O2/c1-12-20-17(22-21-12)7-18(26)24-8-13-6-15(11-24)16-5-4-14(10-23(2)3)19(27)25(16)9-13/h4-5,13,15H,6-11H2,1-3H3,(H,20,21,22)/t13-,15+/m0/s1. The van der Waals surface area contributed by atoms with Crippen LogP contribution in [-0.2, 0) is 24.3 Å². The fourth-order valence-corrected chi connectivity index (χ4v) is 4.37. The highest BCUT2D eigenvalue weighted by Gasteiger charge is 2.36. The van der Waals surface area contributed by atoms with E-state index >= 15 is 0 Å². The summed E-state index contributed by atoms with van der Waals surface area (Å²) in [5, 5.41) is 6.85. The van der Waals surface area contributed by atoms with Crippen LogP contribution in [0.5, 0.6) is 0 Å². The number of aromatic nitrogens is 4. The summed E-state index contributed by atoms with van der Waals surface area (Å²) in [7, 11) is 3.94. The van der Waals surface area contributed by atoms with Crippen molar-refractivity contribution in [2.45, 2.75) is 38.8 Å². The van der Waals surface area contributed by atoms with Crippen LogP contribution in [0.15, 0.2) is 16.9 Å². The van der Waals surface area contributed by atoms with Crippen LogP contribution in [0.25, 0.3) is 0 Å². The Kier molecular flexibility index (Phi) is 4.59. The number of nitrogens with zero attached hydrogens (tertiary/aromatic N) is 5. The Labute approximate surface area is 158 Å². The van der Waals surface area contributed by atoms with E-state index in [2.05, 4.69) is 21.2 Å². The molecule has 2 bridgehead atoms. The second kappa shape index (κ2) is 6.92. The molecule has 4 rings (SSSR count). The molecule has 8 heteroatoms. The van der Waals surface area contributed by atoms with E-state index in [1.54, 1.807) is 0 Å². The summed E-state index contributed by atoms with van der Waals surface area (Å²) in [5.41, 5.74) is 2.01. The van der Waals surface area contributed by atoms with Crippen LogP contribution in [0.1, 0.15) is 35.2 Å². The molecular weight excluding hydrogens is 344 g/mol. The van der Waals surface area contributed by atoms with Crippen LogP contribution in [0, 0.1) is 12.8 Å². The van der Waals surface area contributed by atoms with E-state index in [-0.39, 0.29) is 23.8 Å². The summed E-state index contributed by atoms with van der Waals surface area (Å²) in [6.07, 6.45) is 1.26. The van der Waals surface area contributed by atoms with Gasteiger partial charge in [-0.1, -0.05) is 6.07 Å². The molecule has 0 unspecified atom stereocenters. The van der Waals surface area contributed by atoms with E-state index in [4.69, 9.17) is 0 Å². The lowest BCUT2D eigenvalue weighted by molar-refractivity contribution is -0.133. The van der Waals surface area contributed by atoms with Crippen LogP contribution >= 0.6 is 0 Å². The number of likely N-dealkylation sites (tertiary alicyclic amines) is 1. The minimum atomic E-state index is 0.0590. The molecule has 0 aliphatic carbocycles. The highest BCUT2D eigenvalue weighted by molar-refractivity contribution is 5.78. The summed E-state index contributed by atoms with van der Waals surface area (Å²) < 4.78 is 1.94. The predicted molar refractivity (Wildman–Crippen MR) is 100 cm³/mol. The first-order chi connectivity index (χ1) is 12.9. The summed E-state index contributed by atoms with van der Waals surface area (Å²) >= 11 is 0. The van der Waals surface area contributed by atoms with Crippen molar-refractivity contribution in [3.63, 3.8) is 0 Å². The number of hydrogen-bond acceptors (Lipinski definition) is 5. The number of pyridine rings is 1. The average Bonchev–Trinajstić information content (AvgIpc) is 3.02. The molecule has 1 fully saturated rings. The monoisotopic (exact) mass is 370 g/mol. The van der Waals surface area contributed by atoms with Crippen molar-refractivity contribution in [1.82, 2.24) is 29.5 Å². The smallest absolute Gasteiger partial charge is 0.255 e. The van der Waals surface area contributed by atoms with Gasteiger partial charge < -0.3 is 14.4 Å². The Morgan fingerprint density at radius 2 is 2.11 bits per heavy atom. The quantitative estimate of drug-likeness (QED) is 0.848. The van der Waals surface area contributed by atoms with E-state index < -0.39 is 0 Å². The third kappa shape index (κ3) is 3.53. The topological polar surface area (TPSA) is 87.1 Å². The van der Waals surface area contributed by atoms with Crippen molar-refractivity contribution in [2.75, 3.05) is 27.2 Å². The number of fused-ring (bicyclic) bond motifs is 4. The average molecular weight is 370 g/mol. The van der Waals surface area contributed by atoms with Crippen molar-refractivity contribution in [3.05, 3.63) is 45.4 Å². The molecule has 2 aliphatic rings. The van der Waals surface area contributed by atoms with Crippen LogP contribution in [0.2, 0.25) is 0 Å². The van der Waals surface area contributed by atoms with Crippen molar-refractivity contribution < 1.29 is 4.79 Å². The van der Waals surface area contributed by atoms with Crippen molar-refractivity contribution in [1.29, 1.82) is 0 Å². The fraction of sp³-hybridized carbons (Fsp3) is 0.579. The molecule has 0 saturated carbocycles. The molecule has 0 spiro atoms. The maximum atomic E-state index is 12.9. The highest BCUT2D eigenvalue weighted by atomic mass is 16.2. The molecule has 144 valence electrons. The van der Waals surface area contributed by atoms with Gasteiger partial charge in [0.25, 0.3) is 5.56 Å². The van der Waals surface area contributed by atoms with E-state index in [1.165, 1.54) is 0 Å². The van der Waals surface area contributed by atoms with Gasteiger partial charge in [0, 0.05) is 43.4 Å². The first kappa shape index (κ1) is 17.9. The van der Waals surface area contributed by atoms with E-state index in [1.807, 2.05) is 41.5 Å². The Morgan fingerprint density at radius 1 is 1.30 bits per heavy atom. The van der Waals surface area contributed by atoms with E-state index in [0.29, 0.717) is 37.9 Å². The molecule has 0 radical (unpaired) electrons. The van der Waals surface area contributed by atoms with Crippen LogP contribution in [0.3, 0.4) is 0 Å². The van der Waals surface area contributed by atoms with Crippen LogP contribution < -0.4 is 5.56 Å². The summed E-state index contributed by atoms with van der Waals surface area (Å²) in [6.45, 7) is 4.52. The second-order valence-electron chi connectivity index (χ2n) is 8.05. The zero-order valence-corrected chi connectivity index (χ0v) is 16.1. The normalized spacial score (nSPS) is 21.4. The molecule has 0 aromatic carbocycles. The molecule has 4 heterocycles. The molecule has 1 saturated heterocycles. The Balaban J connectivity index is 1.53. The molecule has 1 N–H and O–H groups in total. The molecule has 2 aromatic rings. The van der Waals surface area contributed by atoms with Crippen molar-refractivity contribution >= 4 is 5.91 Å². The molecule has 1 amide bonds. The van der Waals surface area contributed by atoms with Gasteiger partial charge in [0.1, 0.15) is 5.82 Å². The van der Waals surface area contributed by atoms with E-state index in [0.717, 1.165) is 23.5 Å². The lowest BCUT2D eigenvalue weighted by atomic mass is 9.83. The number of nitrogens with one attached hydrogen (secondary N) is 1. The van der Waals surface area contributed by atoms with Crippen LogP contribution in [-0.4, -0.2) is 62.6 Å². The summed E-state index contributed by atoms with van der Waals surface area (Å²) in [5.74, 6) is 1.86. The van der Waals surface area contributed by atoms with Gasteiger partial charge >= 0.3 is 0 Å². The molecule has 27 heavy (non-hydrogen) atoms. The number of rotatable bonds is 4. The summed E-state index contributed by atoms with van der Waals surface area (Å²) in [6, 6.07) is 4.03. The van der Waals surface area contributed by atoms with Crippen molar-refractivity contribution in [2.24, 2.45) is 5.92 Å². The van der Waals surface area contributed by atoms with Crippen molar-refractivity contribution in [3.8, 4) is 0 Å². The van der Waals surface area contributed by atoms with Gasteiger partial charge in [0.05, 0.1) is 6.42 Å². The number of aromatic amines is 1. The van der Waals surface area contributed by atoms with Gasteiger partial charge in [-0.2, -0.15) is 5.10 Å². The minimum absolute atomic E-state index is 0.0590. The zero-order chi connectivity index (χ0) is 19.1. The number of hydrogen-bond donors (Lipinski definition) is 1. The number of piperidine rings is 1. The number of amides is 1. The van der Waals surface area contributed by atoms with Gasteiger partial charge in [-0.25, -0.2) is 4.98 Å². The maximum Gasteiger partial charge on any atom is 0.255 e. The molecule has 2 aromatic heterocycles. The third-order valence-electron chi connectivity index (χ3n) is 5.48. The molecule has 2 atom stereocenters. The molecule has 2 aliphatic heterocycles. The third-order valence-corrected chi connectivity index (χ3v) is 5.48. The number of H-pyrrole nitrogens is 1. The first-order valence-electron chi connectivity index (χ1n) is 9.43. The Bertz CT molecular complexity index is 915. The number of carbonyl (C=O) groups excluding carboxylic acids is 1. The van der Waals surface area contributed by atoms with E-state index in [9.17, 15) is 9.59 Å². The minimum Gasteiger partial charge on any atom is -0.341 e. The van der Waals surface area contributed by atoms with Crippen LogP contribution in [0.4, 0.5) is 0 Å². The summed E-state index contributed by atoms with van der Waals surface area (Å²) in [4.78, 5) is 33.8. The lowest BCUT2D eigenvalue weighted by Crippen LogP contribution is -2.50. The Hall–Kier alpha value is -2.48. The predicted octanol–water partition coefficient (Wildman–Crippen LogP) is 0.525. The largest absolute Gasteiger partial charge is 0.341 e. The first-order valence-corrected chi connectivity index (χ1v) is 9.43. The van der Waals surface area contributed by atoms with Gasteiger partial charge in [-0.05, 0) is 39.4 Å². The Morgan fingerprint density at radius 3 is 2.81 bits per heavy atom. The number of carbonyl (C=O) groups is 1. The zero-order valence-electron chi connectivity index (χ0n) is 16.1. The SMILES string of the molecule is Cc1nc(CC(=O)N2C[C@@H]3C[C@H](C2)c2ccc(CN(C)C)c(=O)n2C3)n[nH]1.